The Kier molecular flexibility index (Phi) is 4.18. The average molecular weight is 343 g/mol. The Hall–Kier alpha value is -1.47. The number of nitrogens with zero attached hydrogens (tertiary/aromatic N) is 1. The van der Waals surface area contributed by atoms with Crippen molar-refractivity contribution in [3.63, 3.8) is 0 Å². The summed E-state index contributed by atoms with van der Waals surface area (Å²) in [5.41, 5.74) is -0.711. The molecule has 0 radical (unpaired) electrons. The minimum Gasteiger partial charge on any atom is -0.321 e. The molecule has 116 valence electrons. The highest BCUT2D eigenvalue weighted by Crippen LogP contribution is 2.41. The summed E-state index contributed by atoms with van der Waals surface area (Å²) in [5, 5.41) is 1.82. The third-order valence-corrected chi connectivity index (χ3v) is 5.69. The number of hydrogen-bond acceptors (Lipinski definition) is 3. The first-order chi connectivity index (χ1) is 10.5. The van der Waals surface area contributed by atoms with Crippen LogP contribution in [0.15, 0.2) is 41.8 Å². The van der Waals surface area contributed by atoms with Gasteiger partial charge in [0.1, 0.15) is 5.37 Å². The molecule has 1 aliphatic rings. The van der Waals surface area contributed by atoms with E-state index in [0.717, 1.165) is 22.8 Å². The number of benzene rings is 1. The summed E-state index contributed by atoms with van der Waals surface area (Å²) in [7, 11) is 0. The minimum absolute atomic E-state index is 0.0823. The highest BCUT2D eigenvalue weighted by molar-refractivity contribution is 7.99. The second-order valence-electron chi connectivity index (χ2n) is 4.82. The summed E-state index contributed by atoms with van der Waals surface area (Å²) < 4.78 is 38.3. The van der Waals surface area contributed by atoms with Crippen LogP contribution in [-0.2, 0) is 6.18 Å². The predicted octanol–water partition coefficient (Wildman–Crippen LogP) is 4.65. The monoisotopic (exact) mass is 343 g/mol. The SMILES string of the molecule is O=C(c1cccc(C(F)(F)F)c1)N1CCS[C@@H]1c1cccs1. The number of carbonyl (C=O) groups is 1. The van der Waals surface area contributed by atoms with Gasteiger partial charge in [0.25, 0.3) is 5.91 Å². The Balaban J connectivity index is 1.87. The van der Waals surface area contributed by atoms with Crippen LogP contribution in [0.5, 0.6) is 0 Å². The van der Waals surface area contributed by atoms with Gasteiger partial charge in [-0.2, -0.15) is 13.2 Å². The van der Waals surface area contributed by atoms with Crippen LogP contribution in [-0.4, -0.2) is 23.1 Å². The standard InChI is InChI=1S/C15H12F3NOS2/c16-15(17,18)11-4-1-3-10(9-11)13(20)19-6-8-22-14(19)12-5-2-7-21-12/h1-5,7,9,14H,6,8H2/t14-/m1/s1. The van der Waals surface area contributed by atoms with Crippen LogP contribution < -0.4 is 0 Å². The second-order valence-corrected chi connectivity index (χ2v) is 6.98. The first-order valence-electron chi connectivity index (χ1n) is 6.60. The lowest BCUT2D eigenvalue weighted by atomic mass is 10.1. The van der Waals surface area contributed by atoms with E-state index in [1.54, 1.807) is 28.0 Å². The van der Waals surface area contributed by atoms with Gasteiger partial charge in [0, 0.05) is 22.7 Å². The third-order valence-electron chi connectivity index (χ3n) is 3.38. The van der Waals surface area contributed by atoms with E-state index in [0.29, 0.717) is 6.54 Å². The van der Waals surface area contributed by atoms with Crippen LogP contribution in [0.1, 0.15) is 26.2 Å². The number of thioether (sulfide) groups is 1. The molecular weight excluding hydrogens is 331 g/mol. The first-order valence-corrected chi connectivity index (χ1v) is 8.53. The van der Waals surface area contributed by atoms with Crippen LogP contribution in [0.2, 0.25) is 0 Å². The lowest BCUT2D eigenvalue weighted by molar-refractivity contribution is -0.137. The zero-order valence-electron chi connectivity index (χ0n) is 11.3. The predicted molar refractivity (Wildman–Crippen MR) is 82.0 cm³/mol. The molecule has 0 aliphatic carbocycles. The Morgan fingerprint density at radius 3 is 2.73 bits per heavy atom. The molecule has 1 aliphatic heterocycles. The third kappa shape index (κ3) is 3.01. The van der Waals surface area contributed by atoms with Crippen molar-refractivity contribution in [2.24, 2.45) is 0 Å². The summed E-state index contributed by atoms with van der Waals surface area (Å²) in [4.78, 5) is 15.3. The van der Waals surface area contributed by atoms with Crippen LogP contribution in [0.25, 0.3) is 0 Å². The van der Waals surface area contributed by atoms with Crippen LogP contribution >= 0.6 is 23.1 Å². The molecule has 1 amide bonds. The maximum Gasteiger partial charge on any atom is 0.416 e. The van der Waals surface area contributed by atoms with Crippen molar-refractivity contribution >= 4 is 29.0 Å². The van der Waals surface area contributed by atoms with E-state index in [-0.39, 0.29) is 16.8 Å². The Morgan fingerprint density at radius 1 is 1.23 bits per heavy atom. The van der Waals surface area contributed by atoms with Crippen LogP contribution in [0.4, 0.5) is 13.2 Å². The Bertz CT molecular complexity index is 670. The van der Waals surface area contributed by atoms with E-state index in [9.17, 15) is 18.0 Å². The van der Waals surface area contributed by atoms with Crippen LogP contribution in [0.3, 0.4) is 0 Å². The minimum atomic E-state index is -4.44. The number of alkyl halides is 3. The van der Waals surface area contributed by atoms with Gasteiger partial charge < -0.3 is 4.90 Å². The number of rotatable bonds is 2. The number of carbonyl (C=O) groups excluding carboxylic acids is 1. The summed E-state index contributed by atoms with van der Waals surface area (Å²) in [5.74, 6) is 0.433. The fourth-order valence-electron chi connectivity index (χ4n) is 2.34. The van der Waals surface area contributed by atoms with E-state index >= 15 is 0 Å². The van der Waals surface area contributed by atoms with Gasteiger partial charge in [-0.15, -0.1) is 23.1 Å². The van der Waals surface area contributed by atoms with Gasteiger partial charge in [-0.05, 0) is 29.6 Å². The van der Waals surface area contributed by atoms with Crippen molar-refractivity contribution in [1.82, 2.24) is 4.90 Å². The maximum atomic E-state index is 12.8. The molecule has 1 aromatic carbocycles. The molecule has 3 rings (SSSR count). The van der Waals surface area contributed by atoms with Crippen molar-refractivity contribution in [1.29, 1.82) is 0 Å². The molecule has 0 unspecified atom stereocenters. The van der Waals surface area contributed by atoms with Gasteiger partial charge in [-0.3, -0.25) is 4.79 Å². The molecule has 0 N–H and O–H groups in total. The topological polar surface area (TPSA) is 20.3 Å². The summed E-state index contributed by atoms with van der Waals surface area (Å²) in [6, 6.07) is 8.47. The Morgan fingerprint density at radius 2 is 2.05 bits per heavy atom. The molecule has 2 aromatic rings. The van der Waals surface area contributed by atoms with Crippen molar-refractivity contribution in [3.05, 3.63) is 57.8 Å². The number of thiophene rings is 1. The summed E-state index contributed by atoms with van der Waals surface area (Å²) in [6.07, 6.45) is -4.44. The number of amides is 1. The average Bonchev–Trinajstić information content (AvgIpc) is 3.16. The fourth-order valence-corrected chi connectivity index (χ4v) is 4.57. The molecule has 0 bridgehead atoms. The molecule has 2 heterocycles. The largest absolute Gasteiger partial charge is 0.416 e. The van der Waals surface area contributed by atoms with E-state index in [1.165, 1.54) is 12.1 Å². The molecule has 1 atom stereocenters. The van der Waals surface area contributed by atoms with Gasteiger partial charge in [0.05, 0.1) is 5.56 Å². The summed E-state index contributed by atoms with van der Waals surface area (Å²) in [6.45, 7) is 0.544. The number of hydrogen-bond donors (Lipinski definition) is 0. The van der Waals surface area contributed by atoms with E-state index < -0.39 is 11.7 Å². The molecular formula is C15H12F3NOS2. The number of halogens is 3. The van der Waals surface area contributed by atoms with Gasteiger partial charge >= 0.3 is 6.18 Å². The van der Waals surface area contributed by atoms with E-state index in [1.807, 2.05) is 17.5 Å². The maximum absolute atomic E-state index is 12.8. The van der Waals surface area contributed by atoms with Gasteiger partial charge in [0.2, 0.25) is 0 Å². The molecule has 22 heavy (non-hydrogen) atoms. The highest BCUT2D eigenvalue weighted by Gasteiger charge is 2.34. The summed E-state index contributed by atoms with van der Waals surface area (Å²) >= 11 is 3.18. The van der Waals surface area contributed by atoms with Crippen molar-refractivity contribution in [3.8, 4) is 0 Å². The zero-order valence-corrected chi connectivity index (χ0v) is 13.0. The second kappa shape index (κ2) is 5.96. The normalized spacial score (nSPS) is 18.7. The quantitative estimate of drug-likeness (QED) is 0.791. The Labute approximate surface area is 133 Å². The molecule has 0 saturated carbocycles. The zero-order chi connectivity index (χ0) is 15.7. The highest BCUT2D eigenvalue weighted by atomic mass is 32.2. The smallest absolute Gasteiger partial charge is 0.321 e. The molecule has 2 nitrogen and oxygen atoms in total. The lowest BCUT2D eigenvalue weighted by Crippen LogP contribution is -2.30. The van der Waals surface area contributed by atoms with E-state index in [4.69, 9.17) is 0 Å². The van der Waals surface area contributed by atoms with Gasteiger partial charge in [-0.1, -0.05) is 12.1 Å². The lowest BCUT2D eigenvalue weighted by Gasteiger charge is -2.23. The van der Waals surface area contributed by atoms with Crippen molar-refractivity contribution < 1.29 is 18.0 Å². The molecule has 1 aromatic heterocycles. The fraction of sp³-hybridized carbons (Fsp3) is 0.267. The van der Waals surface area contributed by atoms with Gasteiger partial charge in [0.15, 0.2) is 0 Å². The molecule has 0 spiro atoms. The molecule has 7 heteroatoms. The molecule has 1 saturated heterocycles. The van der Waals surface area contributed by atoms with Crippen molar-refractivity contribution in [2.45, 2.75) is 11.6 Å². The first kappa shape index (κ1) is 15.4. The van der Waals surface area contributed by atoms with Gasteiger partial charge in [-0.25, -0.2) is 0 Å². The van der Waals surface area contributed by atoms with Crippen molar-refractivity contribution in [2.75, 3.05) is 12.3 Å². The van der Waals surface area contributed by atoms with Crippen LogP contribution in [0, 0.1) is 0 Å². The van der Waals surface area contributed by atoms with E-state index in [2.05, 4.69) is 0 Å². The molecule has 1 fully saturated rings.